The molecule has 4 aliphatic heterocycles. The van der Waals surface area contributed by atoms with E-state index in [0.717, 1.165) is 0 Å². The average Bonchev–Trinajstić information content (AvgIpc) is 3.28. The van der Waals surface area contributed by atoms with Gasteiger partial charge in [-0.2, -0.15) is 0 Å². The van der Waals surface area contributed by atoms with Gasteiger partial charge in [0.2, 0.25) is 0 Å². The highest BCUT2D eigenvalue weighted by Gasteiger charge is 2.58. The second-order valence-electron chi connectivity index (χ2n) is 8.64. The molecule has 4 saturated heterocycles. The molecule has 176 valence electrons. The number of ether oxygens (including phenoxy) is 6. The lowest BCUT2D eigenvalue weighted by molar-refractivity contribution is -0.286. The van der Waals surface area contributed by atoms with Crippen molar-refractivity contribution in [2.24, 2.45) is 0 Å². The summed E-state index contributed by atoms with van der Waals surface area (Å²) in [6.07, 6.45) is -9.42. The lowest BCUT2D eigenvalue weighted by Gasteiger charge is -2.37. The minimum atomic E-state index is -1.57. The van der Waals surface area contributed by atoms with E-state index in [1.165, 1.54) is 0 Å². The van der Waals surface area contributed by atoms with Crippen molar-refractivity contribution in [2.45, 2.75) is 101 Å². The van der Waals surface area contributed by atoms with Crippen LogP contribution in [0, 0.1) is 0 Å². The number of aliphatic hydroxyl groups is 6. The zero-order valence-electron chi connectivity index (χ0n) is 17.3. The molecule has 1 unspecified atom stereocenters. The molecular weight excluding hydrogens is 408 g/mol. The van der Waals surface area contributed by atoms with E-state index < -0.39 is 61.3 Å². The smallest absolute Gasteiger partial charge is 0.184 e. The fraction of sp³-hybridized carbons (Fsp3) is 1.00. The van der Waals surface area contributed by atoms with E-state index in [0.29, 0.717) is 6.61 Å². The second-order valence-corrected chi connectivity index (χ2v) is 8.64. The molecule has 0 spiro atoms. The standard InChI is InChI=1S/C12H20O6.C6H12O6/c1-11(2)14-5-6(16-11)7-8-9(10(13)15-7)18-12(3,4)17-8;7-1-2-3(8)4(9)5(10)6(11)12-2/h6-10,13H,5H2,1-4H3;2-11H,1H2/t6-,7-,8+,9+,10+;2-,3-,4+,5+,6?/m11/s1. The first kappa shape index (κ1) is 24.2. The molecule has 4 aliphatic rings. The Balaban J connectivity index is 0.000000187. The van der Waals surface area contributed by atoms with Crippen LogP contribution < -0.4 is 0 Å². The molecule has 4 rings (SSSR count). The Hall–Kier alpha value is -0.480. The molecule has 0 bridgehead atoms. The van der Waals surface area contributed by atoms with Crippen LogP contribution >= 0.6 is 0 Å². The van der Waals surface area contributed by atoms with E-state index in [-0.39, 0.29) is 18.3 Å². The Bertz CT molecular complexity index is 581. The molecule has 12 heteroatoms. The van der Waals surface area contributed by atoms with Gasteiger partial charge in [0.1, 0.15) is 48.8 Å². The Morgan fingerprint density at radius 1 is 0.700 bits per heavy atom. The lowest BCUT2D eigenvalue weighted by Crippen LogP contribution is -2.58. The van der Waals surface area contributed by atoms with Gasteiger partial charge in [0.15, 0.2) is 24.2 Å². The van der Waals surface area contributed by atoms with Gasteiger partial charge in [0.25, 0.3) is 0 Å². The van der Waals surface area contributed by atoms with E-state index in [1.807, 2.05) is 27.7 Å². The van der Waals surface area contributed by atoms with Gasteiger partial charge in [-0.3, -0.25) is 0 Å². The van der Waals surface area contributed by atoms with Crippen LogP contribution in [0.1, 0.15) is 27.7 Å². The molecule has 12 nitrogen and oxygen atoms in total. The van der Waals surface area contributed by atoms with E-state index in [1.54, 1.807) is 0 Å². The topological polar surface area (TPSA) is 177 Å². The molecule has 0 saturated carbocycles. The normalized spacial score (nSPS) is 49.4. The minimum absolute atomic E-state index is 0.248. The molecule has 0 aromatic carbocycles. The highest BCUT2D eigenvalue weighted by atomic mass is 16.8. The van der Waals surface area contributed by atoms with E-state index in [9.17, 15) is 5.11 Å². The van der Waals surface area contributed by atoms with Crippen LogP contribution in [0.15, 0.2) is 0 Å². The molecule has 4 fully saturated rings. The number of hydrogen-bond donors (Lipinski definition) is 6. The zero-order valence-corrected chi connectivity index (χ0v) is 17.3. The van der Waals surface area contributed by atoms with Crippen LogP contribution in [-0.2, 0) is 28.4 Å². The summed E-state index contributed by atoms with van der Waals surface area (Å²) in [5.41, 5.74) is 0. The molecule has 10 atom stereocenters. The van der Waals surface area contributed by atoms with Crippen LogP contribution in [-0.4, -0.2) is 117 Å². The molecule has 0 radical (unpaired) electrons. The van der Waals surface area contributed by atoms with E-state index in [2.05, 4.69) is 4.74 Å². The Morgan fingerprint density at radius 2 is 1.33 bits per heavy atom. The largest absolute Gasteiger partial charge is 0.394 e. The highest BCUT2D eigenvalue weighted by molar-refractivity contribution is 4.99. The van der Waals surface area contributed by atoms with Gasteiger partial charge in [0, 0.05) is 0 Å². The molecule has 6 N–H and O–H groups in total. The van der Waals surface area contributed by atoms with Gasteiger partial charge >= 0.3 is 0 Å². The SMILES string of the molecule is CC1(C)O[C@@H]2[C@H](O1)[C@@H](O)O[C@@H]2[C@H]1COC(C)(C)O1.OC[C@H]1OC(O)[C@@H](O)[C@@H](O)[C@@H]1O. The van der Waals surface area contributed by atoms with Crippen molar-refractivity contribution in [1.82, 2.24) is 0 Å². The molecule has 0 aliphatic carbocycles. The van der Waals surface area contributed by atoms with Gasteiger partial charge in [0.05, 0.1) is 13.2 Å². The summed E-state index contributed by atoms with van der Waals surface area (Å²) in [4.78, 5) is 0. The van der Waals surface area contributed by atoms with Crippen LogP contribution in [0.5, 0.6) is 0 Å². The molecule has 4 heterocycles. The van der Waals surface area contributed by atoms with Crippen molar-refractivity contribution < 1.29 is 59.1 Å². The molecular formula is C18H32O12. The maximum absolute atomic E-state index is 9.87. The third-order valence-electron chi connectivity index (χ3n) is 5.33. The number of rotatable bonds is 2. The summed E-state index contributed by atoms with van der Waals surface area (Å²) in [5, 5.41) is 54.5. The monoisotopic (exact) mass is 440 g/mol. The first-order valence-electron chi connectivity index (χ1n) is 9.85. The minimum Gasteiger partial charge on any atom is -0.394 e. The van der Waals surface area contributed by atoms with Crippen molar-refractivity contribution in [3.05, 3.63) is 0 Å². The number of fused-ring (bicyclic) bond motifs is 1. The average molecular weight is 440 g/mol. The summed E-state index contributed by atoms with van der Waals surface area (Å²) in [5.74, 6) is -1.32. The Morgan fingerprint density at radius 3 is 1.90 bits per heavy atom. The predicted molar refractivity (Wildman–Crippen MR) is 95.6 cm³/mol. The van der Waals surface area contributed by atoms with E-state index in [4.69, 9.17) is 49.2 Å². The van der Waals surface area contributed by atoms with Crippen molar-refractivity contribution in [3.8, 4) is 0 Å². The number of hydrogen-bond acceptors (Lipinski definition) is 12. The van der Waals surface area contributed by atoms with Crippen LogP contribution in [0.3, 0.4) is 0 Å². The van der Waals surface area contributed by atoms with Crippen molar-refractivity contribution in [2.75, 3.05) is 13.2 Å². The summed E-state index contributed by atoms with van der Waals surface area (Å²) in [7, 11) is 0. The van der Waals surface area contributed by atoms with Crippen LogP contribution in [0.4, 0.5) is 0 Å². The van der Waals surface area contributed by atoms with Crippen LogP contribution in [0.25, 0.3) is 0 Å². The third kappa shape index (κ3) is 4.95. The lowest BCUT2D eigenvalue weighted by atomic mass is 10.00. The molecule has 0 aromatic heterocycles. The predicted octanol–water partition coefficient (Wildman–Crippen LogP) is -2.85. The van der Waals surface area contributed by atoms with Gasteiger partial charge < -0.3 is 59.1 Å². The molecule has 30 heavy (non-hydrogen) atoms. The van der Waals surface area contributed by atoms with Gasteiger partial charge in [-0.15, -0.1) is 0 Å². The van der Waals surface area contributed by atoms with Crippen molar-refractivity contribution in [3.63, 3.8) is 0 Å². The molecule has 0 amide bonds. The maximum Gasteiger partial charge on any atom is 0.184 e. The van der Waals surface area contributed by atoms with E-state index >= 15 is 0 Å². The Labute approximate surface area is 173 Å². The zero-order chi connectivity index (χ0) is 22.4. The fourth-order valence-corrected chi connectivity index (χ4v) is 3.87. The van der Waals surface area contributed by atoms with Gasteiger partial charge in [-0.25, -0.2) is 0 Å². The van der Waals surface area contributed by atoms with Crippen molar-refractivity contribution in [1.29, 1.82) is 0 Å². The summed E-state index contributed by atoms with van der Waals surface area (Å²) in [6, 6.07) is 0. The Kier molecular flexibility index (Phi) is 7.10. The highest BCUT2D eigenvalue weighted by Crippen LogP contribution is 2.41. The third-order valence-corrected chi connectivity index (χ3v) is 5.33. The first-order chi connectivity index (χ1) is 13.8. The molecule has 0 aromatic rings. The quantitative estimate of drug-likeness (QED) is 0.260. The van der Waals surface area contributed by atoms with Crippen LogP contribution in [0.2, 0.25) is 0 Å². The van der Waals surface area contributed by atoms with Gasteiger partial charge in [-0.05, 0) is 27.7 Å². The van der Waals surface area contributed by atoms with Crippen molar-refractivity contribution >= 4 is 0 Å². The summed E-state index contributed by atoms with van der Waals surface area (Å²) < 4.78 is 32.8. The maximum atomic E-state index is 9.87. The fourth-order valence-electron chi connectivity index (χ4n) is 3.87. The second kappa shape index (κ2) is 8.81. The summed E-state index contributed by atoms with van der Waals surface area (Å²) >= 11 is 0. The van der Waals surface area contributed by atoms with Gasteiger partial charge in [-0.1, -0.05) is 0 Å². The number of aliphatic hydroxyl groups excluding tert-OH is 6. The first-order valence-corrected chi connectivity index (χ1v) is 9.85. The summed E-state index contributed by atoms with van der Waals surface area (Å²) in [6.45, 7) is 7.26.